The lowest BCUT2D eigenvalue weighted by molar-refractivity contribution is -0.117. The molecular weight excluding hydrogens is 284 g/mol. The Bertz CT molecular complexity index is 792. The van der Waals surface area contributed by atoms with Gasteiger partial charge in [-0.15, -0.1) is 0 Å². The third kappa shape index (κ3) is 2.60. The summed E-state index contributed by atoms with van der Waals surface area (Å²) in [6.07, 6.45) is 0.384. The number of nitrogens with one attached hydrogen (secondary N) is 2. The molecule has 0 aliphatic carbocycles. The van der Waals surface area contributed by atoms with Gasteiger partial charge >= 0.3 is 0 Å². The zero-order valence-corrected chi connectivity index (χ0v) is 11.9. The highest BCUT2D eigenvalue weighted by molar-refractivity contribution is 6.01. The Kier molecular flexibility index (Phi) is 3.46. The number of rotatable bonds is 3. The van der Waals surface area contributed by atoms with Crippen molar-refractivity contribution >= 4 is 17.5 Å². The van der Waals surface area contributed by atoms with E-state index < -0.39 is 0 Å². The predicted molar refractivity (Wildman–Crippen MR) is 79.6 cm³/mol. The quantitative estimate of drug-likeness (QED) is 0.847. The van der Waals surface area contributed by atoms with Crippen LogP contribution in [0.4, 0.5) is 5.69 Å². The molecule has 3 rings (SSSR count). The molecule has 112 valence electrons. The van der Waals surface area contributed by atoms with E-state index in [1.54, 1.807) is 11.9 Å². The van der Waals surface area contributed by atoms with E-state index in [-0.39, 0.29) is 23.1 Å². The van der Waals surface area contributed by atoms with Crippen LogP contribution < -0.4 is 15.8 Å². The highest BCUT2D eigenvalue weighted by Gasteiger charge is 2.23. The zero-order valence-electron chi connectivity index (χ0n) is 11.9. The average molecular weight is 298 g/mol. The summed E-state index contributed by atoms with van der Waals surface area (Å²) < 4.78 is 0. The molecule has 1 aromatic carbocycles. The molecule has 1 aliphatic heterocycles. The Labute approximate surface area is 126 Å². The lowest BCUT2D eigenvalue weighted by Crippen LogP contribution is -2.25. The maximum atomic E-state index is 11.9. The molecule has 2 N–H and O–H groups in total. The number of amides is 2. The normalized spacial score (nSPS) is 13.1. The van der Waals surface area contributed by atoms with Crippen molar-refractivity contribution in [3.8, 4) is 0 Å². The monoisotopic (exact) mass is 298 g/mol. The zero-order chi connectivity index (χ0) is 15.7. The van der Waals surface area contributed by atoms with Crippen molar-refractivity contribution < 1.29 is 9.59 Å². The number of benzene rings is 1. The van der Waals surface area contributed by atoms with Gasteiger partial charge in [0.1, 0.15) is 5.69 Å². The maximum Gasteiger partial charge on any atom is 0.271 e. The van der Waals surface area contributed by atoms with Crippen LogP contribution in [0.1, 0.15) is 21.6 Å². The number of fused-ring (bicyclic) bond motifs is 1. The van der Waals surface area contributed by atoms with Gasteiger partial charge in [0.25, 0.3) is 11.5 Å². The topological polar surface area (TPSA) is 95.2 Å². The number of hydrogen-bond acceptors (Lipinski definition) is 4. The van der Waals surface area contributed by atoms with Crippen LogP contribution in [0.25, 0.3) is 0 Å². The van der Waals surface area contributed by atoms with Crippen LogP contribution in [0.15, 0.2) is 35.1 Å². The van der Waals surface area contributed by atoms with Crippen molar-refractivity contribution in [3.63, 3.8) is 0 Å². The van der Waals surface area contributed by atoms with Crippen LogP contribution in [0.3, 0.4) is 0 Å². The molecule has 0 unspecified atom stereocenters. The first-order valence-corrected chi connectivity index (χ1v) is 6.77. The Balaban J connectivity index is 1.69. The molecule has 7 nitrogen and oxygen atoms in total. The molecule has 0 saturated heterocycles. The van der Waals surface area contributed by atoms with Gasteiger partial charge < -0.3 is 10.2 Å². The highest BCUT2D eigenvalue weighted by Crippen LogP contribution is 2.28. The van der Waals surface area contributed by atoms with E-state index in [9.17, 15) is 14.4 Å². The van der Waals surface area contributed by atoms with Crippen LogP contribution in [0.5, 0.6) is 0 Å². The van der Waals surface area contributed by atoms with Crippen molar-refractivity contribution in [1.82, 2.24) is 15.5 Å². The van der Waals surface area contributed by atoms with Gasteiger partial charge in [-0.25, -0.2) is 5.10 Å². The highest BCUT2D eigenvalue weighted by atomic mass is 16.2. The summed E-state index contributed by atoms with van der Waals surface area (Å²) in [4.78, 5) is 36.1. The van der Waals surface area contributed by atoms with Gasteiger partial charge in [0, 0.05) is 25.3 Å². The first-order chi connectivity index (χ1) is 10.5. The summed E-state index contributed by atoms with van der Waals surface area (Å²) in [6.45, 7) is 0.324. The van der Waals surface area contributed by atoms with Crippen molar-refractivity contribution in [2.24, 2.45) is 0 Å². The number of carbonyl (C=O) groups excluding carboxylic acids is 2. The maximum absolute atomic E-state index is 11.9. The number of aromatic amines is 1. The lowest BCUT2D eigenvalue weighted by atomic mass is 10.1. The van der Waals surface area contributed by atoms with Crippen molar-refractivity contribution in [2.75, 3.05) is 11.9 Å². The number of likely N-dealkylation sites (N-methyl/N-ethyl adjacent to an activating group) is 1. The molecule has 2 aromatic rings. The standard InChI is InChI=1S/C15H14N4O3/c1-19-12-4-2-9(6-10(12)7-14(19)21)8-16-15(22)11-3-5-13(20)18-17-11/h2-6H,7-8H2,1H3,(H,16,22)(H,18,20). The molecule has 2 heterocycles. The third-order valence-electron chi connectivity index (χ3n) is 3.59. The van der Waals surface area contributed by atoms with E-state index in [0.717, 1.165) is 16.8 Å². The van der Waals surface area contributed by atoms with E-state index >= 15 is 0 Å². The van der Waals surface area contributed by atoms with Crippen LogP contribution >= 0.6 is 0 Å². The first kappa shape index (κ1) is 14.0. The van der Waals surface area contributed by atoms with E-state index in [2.05, 4.69) is 15.5 Å². The van der Waals surface area contributed by atoms with Crippen LogP contribution in [0.2, 0.25) is 0 Å². The third-order valence-corrected chi connectivity index (χ3v) is 3.59. The molecule has 0 fully saturated rings. The van der Waals surface area contributed by atoms with Gasteiger partial charge in [0.15, 0.2) is 0 Å². The number of aromatic nitrogens is 2. The fourth-order valence-corrected chi connectivity index (χ4v) is 2.38. The number of nitrogens with zero attached hydrogens (tertiary/aromatic N) is 2. The summed E-state index contributed by atoms with van der Waals surface area (Å²) in [5.74, 6) is -0.307. The van der Waals surface area contributed by atoms with E-state index in [1.165, 1.54) is 12.1 Å². The smallest absolute Gasteiger partial charge is 0.271 e. The molecular formula is C15H14N4O3. The van der Waals surface area contributed by atoms with Gasteiger partial charge in [-0.2, -0.15) is 5.10 Å². The minimum absolute atomic E-state index is 0.0635. The van der Waals surface area contributed by atoms with Crippen LogP contribution in [-0.2, 0) is 17.8 Å². The summed E-state index contributed by atoms with van der Waals surface area (Å²) in [7, 11) is 1.75. The van der Waals surface area contributed by atoms with E-state index in [0.29, 0.717) is 13.0 Å². The Hall–Kier alpha value is -2.96. The molecule has 0 spiro atoms. The number of carbonyl (C=O) groups is 2. The number of H-pyrrole nitrogens is 1. The Morgan fingerprint density at radius 1 is 1.32 bits per heavy atom. The number of anilines is 1. The lowest BCUT2D eigenvalue weighted by Gasteiger charge is -2.11. The Morgan fingerprint density at radius 3 is 2.86 bits per heavy atom. The summed E-state index contributed by atoms with van der Waals surface area (Å²) in [6, 6.07) is 8.27. The van der Waals surface area contributed by atoms with Gasteiger partial charge in [0.2, 0.25) is 5.91 Å². The molecule has 0 radical (unpaired) electrons. The number of hydrogen-bond donors (Lipinski definition) is 2. The van der Waals surface area contributed by atoms with Crippen LogP contribution in [-0.4, -0.2) is 29.1 Å². The SMILES string of the molecule is CN1C(=O)Cc2cc(CNC(=O)c3ccc(=O)[nH]n3)ccc21. The molecule has 0 saturated carbocycles. The Morgan fingerprint density at radius 2 is 2.14 bits per heavy atom. The molecule has 1 aromatic heterocycles. The second kappa shape index (κ2) is 5.44. The second-order valence-electron chi connectivity index (χ2n) is 5.08. The van der Waals surface area contributed by atoms with Crippen molar-refractivity contribution in [1.29, 1.82) is 0 Å². The van der Waals surface area contributed by atoms with E-state index in [4.69, 9.17) is 0 Å². The predicted octanol–water partition coefficient (Wildman–Crippen LogP) is 0.219. The van der Waals surface area contributed by atoms with E-state index in [1.807, 2.05) is 18.2 Å². The molecule has 2 amide bonds. The summed E-state index contributed by atoms with van der Waals surface area (Å²) >= 11 is 0. The van der Waals surface area contributed by atoms with Crippen molar-refractivity contribution in [2.45, 2.75) is 13.0 Å². The van der Waals surface area contributed by atoms with Gasteiger partial charge in [-0.1, -0.05) is 12.1 Å². The summed E-state index contributed by atoms with van der Waals surface area (Å²) in [5, 5.41) is 8.61. The molecule has 1 aliphatic rings. The molecule has 7 heteroatoms. The second-order valence-corrected chi connectivity index (χ2v) is 5.08. The largest absolute Gasteiger partial charge is 0.347 e. The fourth-order valence-electron chi connectivity index (χ4n) is 2.38. The minimum Gasteiger partial charge on any atom is -0.347 e. The van der Waals surface area contributed by atoms with Gasteiger partial charge in [-0.3, -0.25) is 14.4 Å². The molecule has 22 heavy (non-hydrogen) atoms. The van der Waals surface area contributed by atoms with Crippen LogP contribution in [0, 0.1) is 0 Å². The first-order valence-electron chi connectivity index (χ1n) is 6.77. The summed E-state index contributed by atoms with van der Waals surface area (Å²) in [5.41, 5.74) is 2.56. The fraction of sp³-hybridized carbons (Fsp3) is 0.200. The van der Waals surface area contributed by atoms with Gasteiger partial charge in [0.05, 0.1) is 6.42 Å². The minimum atomic E-state index is -0.370. The average Bonchev–Trinajstić information content (AvgIpc) is 2.80. The molecule has 0 bridgehead atoms. The van der Waals surface area contributed by atoms with Gasteiger partial charge in [-0.05, 0) is 23.3 Å². The van der Waals surface area contributed by atoms with Crippen molar-refractivity contribution in [3.05, 3.63) is 57.5 Å². The molecule has 0 atom stereocenters.